The van der Waals surface area contributed by atoms with Gasteiger partial charge in [-0.25, -0.2) is 0 Å². The predicted molar refractivity (Wildman–Crippen MR) is 88.6 cm³/mol. The molecule has 2 aromatic rings. The van der Waals surface area contributed by atoms with Crippen LogP contribution in [-0.2, 0) is 0 Å². The third-order valence-corrected chi connectivity index (χ3v) is 3.32. The van der Waals surface area contributed by atoms with Gasteiger partial charge in [0.2, 0.25) is 0 Å². The van der Waals surface area contributed by atoms with Gasteiger partial charge in [-0.2, -0.15) is 0 Å². The highest BCUT2D eigenvalue weighted by molar-refractivity contribution is 9.10. The van der Waals surface area contributed by atoms with Crippen LogP contribution in [0.1, 0.15) is 26.5 Å². The van der Waals surface area contributed by atoms with Gasteiger partial charge >= 0.3 is 0 Å². The van der Waals surface area contributed by atoms with Crippen molar-refractivity contribution in [1.29, 1.82) is 0 Å². The molecule has 1 aromatic heterocycles. The Morgan fingerprint density at radius 1 is 1.10 bits per heavy atom. The highest BCUT2D eigenvalue weighted by Gasteiger charge is 2.06. The first kappa shape index (κ1) is 15.1. The van der Waals surface area contributed by atoms with Crippen molar-refractivity contribution in [2.75, 3.05) is 6.54 Å². The maximum absolute atomic E-state index is 5.81. The lowest BCUT2D eigenvalue weighted by molar-refractivity contribution is 0.449. The normalized spacial score (nSPS) is 12.2. The van der Waals surface area contributed by atoms with Crippen LogP contribution in [0.15, 0.2) is 51.4 Å². The van der Waals surface area contributed by atoms with Gasteiger partial charge in [0.15, 0.2) is 0 Å². The van der Waals surface area contributed by atoms with Gasteiger partial charge in [0.05, 0.1) is 0 Å². The third kappa shape index (κ3) is 4.66. The number of benzene rings is 1. The van der Waals surface area contributed by atoms with Crippen molar-refractivity contribution in [2.45, 2.75) is 26.3 Å². The van der Waals surface area contributed by atoms with E-state index in [0.717, 1.165) is 28.1 Å². The average molecular weight is 334 g/mol. The molecule has 1 aromatic carbocycles. The standard InChI is InChI=1S/C17H20BrNO/c1-17(2,3)19-12-4-5-15-10-11-16(20-15)13-6-8-14(18)9-7-13/h4-11,19H,12H2,1-3H3. The molecule has 3 heteroatoms. The van der Waals surface area contributed by atoms with Gasteiger partial charge in [0, 0.05) is 22.1 Å². The molecule has 0 aliphatic rings. The number of hydrogen-bond acceptors (Lipinski definition) is 2. The van der Waals surface area contributed by atoms with E-state index >= 15 is 0 Å². The Morgan fingerprint density at radius 2 is 1.80 bits per heavy atom. The molecule has 0 bridgehead atoms. The summed E-state index contributed by atoms with van der Waals surface area (Å²) in [5.74, 6) is 1.76. The number of nitrogens with one attached hydrogen (secondary N) is 1. The van der Waals surface area contributed by atoms with Crippen molar-refractivity contribution in [3.8, 4) is 11.3 Å². The van der Waals surface area contributed by atoms with E-state index in [4.69, 9.17) is 4.42 Å². The van der Waals surface area contributed by atoms with Gasteiger partial charge in [0.1, 0.15) is 11.5 Å². The Bertz CT molecular complexity index is 576. The SMILES string of the molecule is CC(C)(C)NCC=Cc1ccc(-c2ccc(Br)cc2)o1. The molecule has 1 heterocycles. The van der Waals surface area contributed by atoms with Crippen LogP contribution in [0.2, 0.25) is 0 Å². The van der Waals surface area contributed by atoms with E-state index in [1.807, 2.05) is 42.5 Å². The zero-order chi connectivity index (χ0) is 14.6. The monoisotopic (exact) mass is 333 g/mol. The van der Waals surface area contributed by atoms with E-state index in [1.165, 1.54) is 0 Å². The molecule has 0 aliphatic carbocycles. The molecule has 1 N–H and O–H groups in total. The van der Waals surface area contributed by atoms with E-state index in [9.17, 15) is 0 Å². The lowest BCUT2D eigenvalue weighted by Crippen LogP contribution is -2.35. The molecule has 0 atom stereocenters. The van der Waals surface area contributed by atoms with Crippen LogP contribution in [-0.4, -0.2) is 12.1 Å². The molecule has 0 saturated carbocycles. The Labute approximate surface area is 129 Å². The topological polar surface area (TPSA) is 25.2 Å². The Balaban J connectivity index is 1.99. The van der Waals surface area contributed by atoms with Gasteiger partial charge in [-0.1, -0.05) is 34.1 Å². The minimum absolute atomic E-state index is 0.135. The summed E-state index contributed by atoms with van der Waals surface area (Å²) in [7, 11) is 0. The molecule has 2 nitrogen and oxygen atoms in total. The summed E-state index contributed by atoms with van der Waals surface area (Å²) < 4.78 is 6.88. The van der Waals surface area contributed by atoms with Gasteiger partial charge in [-0.05, 0) is 51.1 Å². The molecule has 0 unspecified atom stereocenters. The van der Waals surface area contributed by atoms with Gasteiger partial charge in [-0.3, -0.25) is 0 Å². The van der Waals surface area contributed by atoms with Crippen molar-refractivity contribution in [1.82, 2.24) is 5.32 Å². The zero-order valence-corrected chi connectivity index (χ0v) is 13.7. The van der Waals surface area contributed by atoms with Gasteiger partial charge in [0.25, 0.3) is 0 Å². The molecule has 0 amide bonds. The van der Waals surface area contributed by atoms with Crippen LogP contribution >= 0.6 is 15.9 Å². The minimum Gasteiger partial charge on any atom is -0.457 e. The minimum atomic E-state index is 0.135. The summed E-state index contributed by atoms with van der Waals surface area (Å²) in [6, 6.07) is 12.1. The highest BCUT2D eigenvalue weighted by Crippen LogP contribution is 2.24. The smallest absolute Gasteiger partial charge is 0.134 e. The first-order valence-corrected chi connectivity index (χ1v) is 7.51. The molecule has 0 fully saturated rings. The molecule has 0 spiro atoms. The molecule has 106 valence electrons. The fourth-order valence-corrected chi connectivity index (χ4v) is 2.02. The van der Waals surface area contributed by atoms with E-state index in [2.05, 4.69) is 48.1 Å². The number of hydrogen-bond donors (Lipinski definition) is 1. The Morgan fingerprint density at radius 3 is 2.45 bits per heavy atom. The summed E-state index contributed by atoms with van der Waals surface area (Å²) in [5, 5.41) is 3.40. The fourth-order valence-electron chi connectivity index (χ4n) is 1.75. The molecule has 0 radical (unpaired) electrons. The number of rotatable bonds is 4. The number of furan rings is 1. The molecule has 0 aliphatic heterocycles. The summed E-state index contributed by atoms with van der Waals surface area (Å²) in [6.07, 6.45) is 4.08. The van der Waals surface area contributed by atoms with E-state index in [0.29, 0.717) is 0 Å². The lowest BCUT2D eigenvalue weighted by Gasteiger charge is -2.18. The fraction of sp³-hybridized carbons (Fsp3) is 0.294. The van der Waals surface area contributed by atoms with Crippen LogP contribution in [0.5, 0.6) is 0 Å². The van der Waals surface area contributed by atoms with Crippen LogP contribution in [0.25, 0.3) is 17.4 Å². The zero-order valence-electron chi connectivity index (χ0n) is 12.1. The van der Waals surface area contributed by atoms with Crippen molar-refractivity contribution in [2.24, 2.45) is 0 Å². The molecular weight excluding hydrogens is 314 g/mol. The second-order valence-corrected chi connectivity index (χ2v) is 6.66. The maximum Gasteiger partial charge on any atom is 0.134 e. The summed E-state index contributed by atoms with van der Waals surface area (Å²) in [4.78, 5) is 0. The predicted octanol–water partition coefficient (Wildman–Crippen LogP) is 5.11. The first-order valence-electron chi connectivity index (χ1n) is 6.71. The van der Waals surface area contributed by atoms with Crippen LogP contribution in [0.3, 0.4) is 0 Å². The van der Waals surface area contributed by atoms with E-state index < -0.39 is 0 Å². The second-order valence-electron chi connectivity index (χ2n) is 5.74. The lowest BCUT2D eigenvalue weighted by atomic mass is 10.1. The average Bonchev–Trinajstić information content (AvgIpc) is 2.83. The van der Waals surface area contributed by atoms with Crippen molar-refractivity contribution < 1.29 is 4.42 Å². The van der Waals surface area contributed by atoms with Gasteiger partial charge in [-0.15, -0.1) is 0 Å². The quantitative estimate of drug-likeness (QED) is 0.840. The molecule has 2 rings (SSSR count). The van der Waals surface area contributed by atoms with E-state index in [-0.39, 0.29) is 5.54 Å². The Hall–Kier alpha value is -1.32. The molecular formula is C17H20BrNO. The number of halogens is 1. The Kier molecular flexibility index (Phi) is 4.84. The van der Waals surface area contributed by atoms with Gasteiger partial charge < -0.3 is 9.73 Å². The summed E-state index contributed by atoms with van der Waals surface area (Å²) in [6.45, 7) is 7.29. The van der Waals surface area contributed by atoms with Crippen LogP contribution < -0.4 is 5.32 Å². The maximum atomic E-state index is 5.81. The van der Waals surface area contributed by atoms with Crippen LogP contribution in [0.4, 0.5) is 0 Å². The summed E-state index contributed by atoms with van der Waals surface area (Å²) >= 11 is 3.43. The first-order chi connectivity index (χ1) is 9.44. The third-order valence-electron chi connectivity index (χ3n) is 2.79. The van der Waals surface area contributed by atoms with Crippen molar-refractivity contribution in [3.63, 3.8) is 0 Å². The summed E-state index contributed by atoms with van der Waals surface area (Å²) in [5.41, 5.74) is 1.22. The van der Waals surface area contributed by atoms with Crippen molar-refractivity contribution >= 4 is 22.0 Å². The second kappa shape index (κ2) is 6.42. The van der Waals surface area contributed by atoms with Crippen LogP contribution in [0, 0.1) is 0 Å². The largest absolute Gasteiger partial charge is 0.457 e. The van der Waals surface area contributed by atoms with Crippen molar-refractivity contribution in [3.05, 3.63) is 52.7 Å². The molecule has 0 saturated heterocycles. The molecule has 20 heavy (non-hydrogen) atoms. The van der Waals surface area contributed by atoms with E-state index in [1.54, 1.807) is 0 Å². The highest BCUT2D eigenvalue weighted by atomic mass is 79.9.